The van der Waals surface area contributed by atoms with Gasteiger partial charge in [0.2, 0.25) is 0 Å². The molecule has 0 aliphatic heterocycles. The number of nitrogens with one attached hydrogen (secondary N) is 1. The molecule has 136 valence electrons. The van der Waals surface area contributed by atoms with Crippen LogP contribution in [0.4, 0.5) is 5.82 Å². The molecule has 2 aromatic rings. The van der Waals surface area contributed by atoms with E-state index in [9.17, 15) is 0 Å². The van der Waals surface area contributed by atoms with Gasteiger partial charge in [0.25, 0.3) is 0 Å². The average Bonchev–Trinajstić information content (AvgIpc) is 2.53. The average molecular weight is 341 g/mol. The van der Waals surface area contributed by atoms with E-state index in [0.717, 1.165) is 24.5 Å². The van der Waals surface area contributed by atoms with Crippen LogP contribution in [0.15, 0.2) is 42.6 Å². The highest BCUT2D eigenvalue weighted by molar-refractivity contribution is 5.43. The van der Waals surface area contributed by atoms with Crippen molar-refractivity contribution < 1.29 is 4.74 Å². The highest BCUT2D eigenvalue weighted by atomic mass is 16.5. The molecule has 0 fully saturated rings. The summed E-state index contributed by atoms with van der Waals surface area (Å²) in [7, 11) is 0. The van der Waals surface area contributed by atoms with Crippen LogP contribution in [0.1, 0.15) is 59.1 Å². The highest BCUT2D eigenvalue weighted by Gasteiger charge is 2.22. The van der Waals surface area contributed by atoms with Crippen molar-refractivity contribution in [1.82, 2.24) is 4.98 Å². The molecule has 0 aliphatic rings. The van der Waals surface area contributed by atoms with Crippen molar-refractivity contribution in [3.8, 4) is 5.75 Å². The minimum atomic E-state index is 0.0583. The Morgan fingerprint density at radius 2 is 1.72 bits per heavy atom. The van der Waals surface area contributed by atoms with Crippen molar-refractivity contribution in [3.63, 3.8) is 0 Å². The van der Waals surface area contributed by atoms with Gasteiger partial charge in [-0.05, 0) is 46.6 Å². The maximum atomic E-state index is 6.11. The number of hydrogen-bond donors (Lipinski definition) is 1. The second-order valence-electron chi connectivity index (χ2n) is 8.55. The van der Waals surface area contributed by atoms with E-state index >= 15 is 0 Å². The van der Waals surface area contributed by atoms with Gasteiger partial charge in [0, 0.05) is 12.7 Å². The normalized spacial score (nSPS) is 12.1. The van der Waals surface area contributed by atoms with Gasteiger partial charge < -0.3 is 10.1 Å². The summed E-state index contributed by atoms with van der Waals surface area (Å²) < 4.78 is 6.11. The molecular weight excluding hydrogens is 308 g/mol. The number of aromatic nitrogens is 1. The highest BCUT2D eigenvalue weighted by Crippen LogP contribution is 2.35. The van der Waals surface area contributed by atoms with Crippen molar-refractivity contribution in [2.45, 2.75) is 58.8 Å². The summed E-state index contributed by atoms with van der Waals surface area (Å²) in [6.45, 7) is 15.0. The Morgan fingerprint density at radius 3 is 2.32 bits per heavy atom. The Hall–Kier alpha value is -2.03. The first-order chi connectivity index (χ1) is 11.7. The standard InChI is InChI=1S/C22H32N2O/c1-21(2,3)17-11-12-19(18(16-17)22(4,5)6)25-15-9-14-24-20-10-7-8-13-23-20/h7-8,10-13,16H,9,14-15H2,1-6H3,(H,23,24). The Morgan fingerprint density at radius 1 is 0.960 bits per heavy atom. The summed E-state index contributed by atoms with van der Waals surface area (Å²) in [6.07, 6.45) is 2.73. The molecule has 1 N–H and O–H groups in total. The van der Waals surface area contributed by atoms with Gasteiger partial charge in [-0.15, -0.1) is 0 Å². The van der Waals surface area contributed by atoms with Gasteiger partial charge in [-0.2, -0.15) is 0 Å². The van der Waals surface area contributed by atoms with Crippen LogP contribution in [0, 0.1) is 0 Å². The van der Waals surface area contributed by atoms with Crippen molar-refractivity contribution in [2.24, 2.45) is 0 Å². The second kappa shape index (κ2) is 7.90. The first-order valence-electron chi connectivity index (χ1n) is 9.10. The monoisotopic (exact) mass is 340 g/mol. The first-order valence-corrected chi connectivity index (χ1v) is 9.10. The van der Waals surface area contributed by atoms with Crippen LogP contribution in [0.25, 0.3) is 0 Å². The molecule has 0 atom stereocenters. The van der Waals surface area contributed by atoms with Gasteiger partial charge in [-0.3, -0.25) is 0 Å². The molecule has 25 heavy (non-hydrogen) atoms. The number of benzene rings is 1. The molecule has 2 rings (SSSR count). The zero-order chi connectivity index (χ0) is 18.5. The third kappa shape index (κ3) is 5.77. The van der Waals surface area contributed by atoms with E-state index < -0.39 is 0 Å². The van der Waals surface area contributed by atoms with Crippen LogP contribution in [-0.2, 0) is 10.8 Å². The molecule has 0 aliphatic carbocycles. The first kappa shape index (κ1) is 19.3. The number of pyridine rings is 1. The molecule has 0 bridgehead atoms. The van der Waals surface area contributed by atoms with E-state index in [0.29, 0.717) is 6.61 Å². The predicted molar refractivity (Wildman–Crippen MR) is 107 cm³/mol. The molecule has 0 unspecified atom stereocenters. The van der Waals surface area contributed by atoms with E-state index in [2.05, 4.69) is 70.0 Å². The maximum absolute atomic E-state index is 6.11. The van der Waals surface area contributed by atoms with Crippen molar-refractivity contribution >= 4 is 5.82 Å². The van der Waals surface area contributed by atoms with Crippen LogP contribution in [-0.4, -0.2) is 18.1 Å². The molecule has 0 saturated heterocycles. The number of hydrogen-bond acceptors (Lipinski definition) is 3. The smallest absolute Gasteiger partial charge is 0.125 e. The zero-order valence-corrected chi connectivity index (χ0v) is 16.5. The molecule has 3 heteroatoms. The van der Waals surface area contributed by atoms with Crippen LogP contribution < -0.4 is 10.1 Å². The molecule has 1 aromatic carbocycles. The van der Waals surface area contributed by atoms with Crippen molar-refractivity contribution in [3.05, 3.63) is 53.7 Å². The van der Waals surface area contributed by atoms with Crippen molar-refractivity contribution in [1.29, 1.82) is 0 Å². The van der Waals surface area contributed by atoms with E-state index in [1.54, 1.807) is 6.20 Å². The van der Waals surface area contributed by atoms with Gasteiger partial charge in [0.05, 0.1) is 6.61 Å². The van der Waals surface area contributed by atoms with E-state index in [-0.39, 0.29) is 10.8 Å². The molecule has 0 saturated carbocycles. The molecule has 3 nitrogen and oxygen atoms in total. The number of nitrogens with zero attached hydrogens (tertiary/aromatic N) is 1. The molecule has 0 radical (unpaired) electrons. The lowest BCUT2D eigenvalue weighted by Gasteiger charge is -2.27. The fourth-order valence-corrected chi connectivity index (χ4v) is 2.65. The zero-order valence-electron chi connectivity index (χ0n) is 16.5. The van der Waals surface area contributed by atoms with Crippen LogP contribution in [0.3, 0.4) is 0 Å². The minimum Gasteiger partial charge on any atom is -0.493 e. The Balaban J connectivity index is 1.96. The largest absolute Gasteiger partial charge is 0.493 e. The number of ether oxygens (including phenoxy) is 1. The predicted octanol–water partition coefficient (Wildman–Crippen LogP) is 5.56. The quantitative estimate of drug-likeness (QED) is 0.699. The van der Waals surface area contributed by atoms with Gasteiger partial charge in [-0.25, -0.2) is 4.98 Å². The summed E-state index contributed by atoms with van der Waals surface area (Å²) in [5, 5.41) is 3.31. The SMILES string of the molecule is CC(C)(C)c1ccc(OCCCNc2ccccn2)c(C(C)(C)C)c1. The topological polar surface area (TPSA) is 34.1 Å². The summed E-state index contributed by atoms with van der Waals surface area (Å²) in [6, 6.07) is 12.5. The Kier molecular flexibility index (Phi) is 6.10. The summed E-state index contributed by atoms with van der Waals surface area (Å²) in [5.41, 5.74) is 2.83. The van der Waals surface area contributed by atoms with E-state index in [1.807, 2.05) is 18.2 Å². The van der Waals surface area contributed by atoms with Gasteiger partial charge >= 0.3 is 0 Å². The summed E-state index contributed by atoms with van der Waals surface area (Å²) in [4.78, 5) is 4.26. The molecule has 1 heterocycles. The minimum absolute atomic E-state index is 0.0583. The van der Waals surface area contributed by atoms with Gasteiger partial charge in [-0.1, -0.05) is 59.7 Å². The lowest BCUT2D eigenvalue weighted by Crippen LogP contribution is -2.18. The van der Waals surface area contributed by atoms with Crippen molar-refractivity contribution in [2.75, 3.05) is 18.5 Å². The van der Waals surface area contributed by atoms with Gasteiger partial charge in [0.1, 0.15) is 11.6 Å². The Labute approximate surface area is 152 Å². The lowest BCUT2D eigenvalue weighted by atomic mass is 9.80. The molecule has 0 spiro atoms. The fourth-order valence-electron chi connectivity index (χ4n) is 2.65. The summed E-state index contributed by atoms with van der Waals surface area (Å²) in [5.74, 6) is 1.91. The van der Waals surface area contributed by atoms with Crippen LogP contribution >= 0.6 is 0 Å². The third-order valence-electron chi connectivity index (χ3n) is 4.20. The molecular formula is C22H32N2O. The second-order valence-corrected chi connectivity index (χ2v) is 8.55. The van der Waals surface area contributed by atoms with E-state index in [4.69, 9.17) is 4.74 Å². The molecule has 0 amide bonds. The fraction of sp³-hybridized carbons (Fsp3) is 0.500. The van der Waals surface area contributed by atoms with Crippen LogP contribution in [0.5, 0.6) is 5.75 Å². The number of anilines is 1. The number of rotatable bonds is 6. The Bertz CT molecular complexity index is 667. The van der Waals surface area contributed by atoms with Crippen LogP contribution in [0.2, 0.25) is 0 Å². The maximum Gasteiger partial charge on any atom is 0.125 e. The summed E-state index contributed by atoms with van der Waals surface area (Å²) >= 11 is 0. The lowest BCUT2D eigenvalue weighted by molar-refractivity contribution is 0.306. The van der Waals surface area contributed by atoms with Gasteiger partial charge in [0.15, 0.2) is 0 Å². The van der Waals surface area contributed by atoms with E-state index in [1.165, 1.54) is 11.1 Å². The third-order valence-corrected chi connectivity index (χ3v) is 4.20. The molecule has 1 aromatic heterocycles.